The molecule has 0 aromatic heterocycles. The summed E-state index contributed by atoms with van der Waals surface area (Å²) in [4.78, 5) is 11.8. The predicted molar refractivity (Wildman–Crippen MR) is 65.9 cm³/mol. The lowest BCUT2D eigenvalue weighted by Crippen LogP contribution is -2.35. The number of hydrogen-bond acceptors (Lipinski definition) is 2. The predicted octanol–water partition coefficient (Wildman–Crippen LogP) is 2.48. The Kier molecular flexibility index (Phi) is 4.09. The first-order valence-electron chi connectivity index (χ1n) is 6.14. The van der Waals surface area contributed by atoms with Crippen LogP contribution in [0.2, 0.25) is 0 Å². The number of carbonyl (C=O) groups excluding carboxylic acids is 1. The van der Waals surface area contributed by atoms with Gasteiger partial charge in [0.2, 0.25) is 5.91 Å². The van der Waals surface area contributed by atoms with E-state index in [-0.39, 0.29) is 17.5 Å². The quantitative estimate of drug-likeness (QED) is 0.887. The fourth-order valence-electron chi connectivity index (χ4n) is 2.13. The van der Waals surface area contributed by atoms with Crippen LogP contribution in [0.1, 0.15) is 18.4 Å². The number of alkyl halides is 3. The van der Waals surface area contributed by atoms with Gasteiger partial charge < -0.3 is 10.6 Å². The Morgan fingerprint density at radius 3 is 2.84 bits per heavy atom. The van der Waals surface area contributed by atoms with E-state index >= 15 is 0 Å². The minimum absolute atomic E-state index is 0.143. The fourth-order valence-corrected chi connectivity index (χ4v) is 2.13. The second-order valence-corrected chi connectivity index (χ2v) is 4.63. The number of nitrogens with one attached hydrogen (secondary N) is 2. The summed E-state index contributed by atoms with van der Waals surface area (Å²) in [5.41, 5.74) is 0.546. The van der Waals surface area contributed by atoms with Gasteiger partial charge in [0.25, 0.3) is 0 Å². The van der Waals surface area contributed by atoms with Crippen molar-refractivity contribution in [2.75, 3.05) is 11.9 Å². The van der Waals surface area contributed by atoms with Crippen molar-refractivity contribution in [2.24, 2.45) is 0 Å². The van der Waals surface area contributed by atoms with Gasteiger partial charge in [0.05, 0.1) is 12.5 Å². The Labute approximate surface area is 109 Å². The van der Waals surface area contributed by atoms with Crippen LogP contribution in [0.3, 0.4) is 0 Å². The van der Waals surface area contributed by atoms with Gasteiger partial charge in [-0.25, -0.2) is 0 Å². The highest BCUT2D eigenvalue weighted by Gasteiger charge is 2.28. The molecule has 1 atom stereocenters. The highest BCUT2D eigenvalue weighted by atomic mass is 19.4. The molecule has 1 fully saturated rings. The summed E-state index contributed by atoms with van der Waals surface area (Å²) >= 11 is 0. The zero-order chi connectivity index (χ0) is 13.9. The molecule has 1 aliphatic heterocycles. The van der Waals surface area contributed by atoms with Crippen LogP contribution in [0.5, 0.6) is 0 Å². The lowest BCUT2D eigenvalue weighted by molar-refractivity contribution is -0.127. The molecule has 104 valence electrons. The average molecular weight is 272 g/mol. The summed E-state index contributed by atoms with van der Waals surface area (Å²) in [6.07, 6.45) is -3.53. The molecule has 1 saturated heterocycles. The first kappa shape index (κ1) is 13.9. The largest absolute Gasteiger partial charge is 0.393 e. The molecule has 3 nitrogen and oxygen atoms in total. The maximum absolute atomic E-state index is 12.3. The summed E-state index contributed by atoms with van der Waals surface area (Å²) in [6, 6.07) is 5.62. The molecule has 0 aliphatic carbocycles. The summed E-state index contributed by atoms with van der Waals surface area (Å²) < 4.78 is 36.9. The van der Waals surface area contributed by atoms with Crippen LogP contribution in [0.4, 0.5) is 18.9 Å². The van der Waals surface area contributed by atoms with Gasteiger partial charge in [0, 0.05) is 5.69 Å². The molecule has 19 heavy (non-hydrogen) atoms. The molecule has 0 unspecified atom stereocenters. The van der Waals surface area contributed by atoms with Gasteiger partial charge in [0.15, 0.2) is 0 Å². The van der Waals surface area contributed by atoms with E-state index in [0.717, 1.165) is 19.4 Å². The van der Waals surface area contributed by atoms with Crippen LogP contribution in [0, 0.1) is 0 Å². The van der Waals surface area contributed by atoms with Crippen molar-refractivity contribution >= 4 is 11.6 Å². The summed E-state index contributed by atoms with van der Waals surface area (Å²) in [7, 11) is 0. The zero-order valence-corrected chi connectivity index (χ0v) is 10.3. The molecule has 2 N–H and O–H groups in total. The second kappa shape index (κ2) is 5.61. The third-order valence-corrected chi connectivity index (χ3v) is 2.98. The van der Waals surface area contributed by atoms with Crippen molar-refractivity contribution in [3.8, 4) is 0 Å². The lowest BCUT2D eigenvalue weighted by Gasteiger charge is -2.12. The van der Waals surface area contributed by atoms with Crippen LogP contribution in [0.25, 0.3) is 0 Å². The Balaban J connectivity index is 2.00. The van der Waals surface area contributed by atoms with Gasteiger partial charge in [0.1, 0.15) is 0 Å². The van der Waals surface area contributed by atoms with Crippen LogP contribution in [0.15, 0.2) is 24.3 Å². The Morgan fingerprint density at radius 1 is 1.42 bits per heavy atom. The standard InChI is InChI=1S/C13H15F3N2O/c14-13(15,16)8-9-3-1-4-10(7-9)18-12(19)11-5-2-6-17-11/h1,3-4,7,11,17H,2,5-6,8H2,(H,18,19)/t11-/m1/s1. The van der Waals surface area contributed by atoms with E-state index in [2.05, 4.69) is 10.6 Å². The molecule has 6 heteroatoms. The second-order valence-electron chi connectivity index (χ2n) is 4.63. The lowest BCUT2D eigenvalue weighted by atomic mass is 10.1. The van der Waals surface area contributed by atoms with Crippen LogP contribution < -0.4 is 10.6 Å². The molecule has 0 saturated carbocycles. The normalized spacial score (nSPS) is 19.4. The van der Waals surface area contributed by atoms with Crippen LogP contribution in [-0.2, 0) is 11.2 Å². The van der Waals surface area contributed by atoms with Crippen molar-refractivity contribution in [1.82, 2.24) is 5.32 Å². The minimum Gasteiger partial charge on any atom is -0.325 e. The van der Waals surface area contributed by atoms with E-state index < -0.39 is 12.6 Å². The van der Waals surface area contributed by atoms with Gasteiger partial charge in [-0.1, -0.05) is 12.1 Å². The topological polar surface area (TPSA) is 41.1 Å². The molecule has 1 aliphatic rings. The van der Waals surface area contributed by atoms with Gasteiger partial charge in [-0.3, -0.25) is 4.79 Å². The van der Waals surface area contributed by atoms with E-state index in [1.807, 2.05) is 0 Å². The van der Waals surface area contributed by atoms with Crippen molar-refractivity contribution in [3.63, 3.8) is 0 Å². The Morgan fingerprint density at radius 2 is 2.21 bits per heavy atom. The van der Waals surface area contributed by atoms with Crippen molar-refractivity contribution in [3.05, 3.63) is 29.8 Å². The third kappa shape index (κ3) is 4.24. The van der Waals surface area contributed by atoms with Crippen LogP contribution in [-0.4, -0.2) is 24.7 Å². The number of anilines is 1. The molecule has 0 spiro atoms. The summed E-state index contributed by atoms with van der Waals surface area (Å²) in [6.45, 7) is 0.798. The molecule has 1 heterocycles. The smallest absolute Gasteiger partial charge is 0.325 e. The van der Waals surface area contributed by atoms with Gasteiger partial charge >= 0.3 is 6.18 Å². The molecular formula is C13H15F3N2O. The number of hydrogen-bond donors (Lipinski definition) is 2. The maximum Gasteiger partial charge on any atom is 0.393 e. The molecule has 1 amide bonds. The average Bonchev–Trinajstić information content (AvgIpc) is 2.80. The van der Waals surface area contributed by atoms with E-state index in [9.17, 15) is 18.0 Å². The fraction of sp³-hybridized carbons (Fsp3) is 0.462. The van der Waals surface area contributed by atoms with Gasteiger partial charge in [-0.15, -0.1) is 0 Å². The number of benzene rings is 1. The Bertz CT molecular complexity index is 453. The minimum atomic E-state index is -4.24. The molecular weight excluding hydrogens is 257 g/mol. The zero-order valence-electron chi connectivity index (χ0n) is 10.3. The van der Waals surface area contributed by atoms with Crippen molar-refractivity contribution < 1.29 is 18.0 Å². The monoisotopic (exact) mass is 272 g/mol. The third-order valence-electron chi connectivity index (χ3n) is 2.98. The number of amides is 1. The van der Waals surface area contributed by atoms with Crippen molar-refractivity contribution in [1.29, 1.82) is 0 Å². The number of halogens is 3. The van der Waals surface area contributed by atoms with Crippen LogP contribution >= 0.6 is 0 Å². The SMILES string of the molecule is O=C(Nc1cccc(CC(F)(F)F)c1)[C@H]1CCCN1. The number of rotatable bonds is 3. The molecule has 0 radical (unpaired) electrons. The molecule has 1 aromatic carbocycles. The Hall–Kier alpha value is -1.56. The highest BCUT2D eigenvalue weighted by Crippen LogP contribution is 2.23. The number of carbonyl (C=O) groups is 1. The van der Waals surface area contributed by atoms with E-state index in [1.165, 1.54) is 18.2 Å². The van der Waals surface area contributed by atoms with Gasteiger partial charge in [-0.2, -0.15) is 13.2 Å². The highest BCUT2D eigenvalue weighted by molar-refractivity contribution is 5.95. The van der Waals surface area contributed by atoms with E-state index in [0.29, 0.717) is 5.69 Å². The first-order chi connectivity index (χ1) is 8.94. The van der Waals surface area contributed by atoms with Crippen molar-refractivity contribution in [2.45, 2.75) is 31.5 Å². The first-order valence-corrected chi connectivity index (χ1v) is 6.14. The molecule has 1 aromatic rings. The van der Waals surface area contributed by atoms with Gasteiger partial charge in [-0.05, 0) is 37.1 Å². The molecule has 2 rings (SSSR count). The van der Waals surface area contributed by atoms with E-state index in [1.54, 1.807) is 6.07 Å². The molecule has 0 bridgehead atoms. The van der Waals surface area contributed by atoms with E-state index in [4.69, 9.17) is 0 Å². The summed E-state index contributed by atoms with van der Waals surface area (Å²) in [5, 5.41) is 5.68. The maximum atomic E-state index is 12.3. The summed E-state index contributed by atoms with van der Waals surface area (Å²) in [5.74, 6) is -0.193.